The molecule has 0 saturated carbocycles. The van der Waals surface area contributed by atoms with Crippen molar-refractivity contribution in [1.82, 2.24) is 9.78 Å². The molecule has 0 atom stereocenters. The monoisotopic (exact) mass is 305 g/mol. The Morgan fingerprint density at radius 3 is 2.59 bits per heavy atom. The lowest BCUT2D eigenvalue weighted by Crippen LogP contribution is -2.04. The van der Waals surface area contributed by atoms with Gasteiger partial charge in [-0.1, -0.05) is 6.92 Å². The van der Waals surface area contributed by atoms with Crippen LogP contribution in [0.5, 0.6) is 0 Å². The molecule has 0 radical (unpaired) electrons. The van der Waals surface area contributed by atoms with Gasteiger partial charge in [0, 0.05) is 31.4 Å². The number of non-ortho nitro benzene ring substituents is 1. The third-order valence-corrected chi connectivity index (χ3v) is 3.18. The smallest absolute Gasteiger partial charge is 0.299 e. The lowest BCUT2D eigenvalue weighted by atomic mass is 10.2. The quantitative estimate of drug-likeness (QED) is 0.647. The first-order valence-electron chi connectivity index (χ1n) is 6.60. The number of benzene rings is 1. The fraction of sp³-hybridized carbons (Fsp3) is 0.308. The number of aromatic nitrogens is 2. The van der Waals surface area contributed by atoms with E-state index in [9.17, 15) is 20.2 Å². The highest BCUT2D eigenvalue weighted by Gasteiger charge is 2.19. The van der Waals surface area contributed by atoms with Gasteiger partial charge in [0.2, 0.25) is 0 Å². The second-order valence-electron chi connectivity index (χ2n) is 4.70. The van der Waals surface area contributed by atoms with E-state index < -0.39 is 9.85 Å². The van der Waals surface area contributed by atoms with Crippen LogP contribution < -0.4 is 5.32 Å². The number of anilines is 1. The van der Waals surface area contributed by atoms with Gasteiger partial charge in [0.05, 0.1) is 21.6 Å². The maximum atomic E-state index is 11.1. The summed E-state index contributed by atoms with van der Waals surface area (Å²) in [5.74, 6) is 0. The summed E-state index contributed by atoms with van der Waals surface area (Å²) >= 11 is 0. The van der Waals surface area contributed by atoms with E-state index in [-0.39, 0.29) is 17.1 Å². The Labute approximate surface area is 125 Å². The lowest BCUT2D eigenvalue weighted by molar-refractivity contribution is -0.393. The lowest BCUT2D eigenvalue weighted by Gasteiger charge is -2.06. The van der Waals surface area contributed by atoms with Gasteiger partial charge < -0.3 is 5.32 Å². The number of nitrogens with one attached hydrogen (secondary N) is 1. The number of nitro benzene ring substituents is 2. The normalized spacial score (nSPS) is 10.5. The number of hydrogen-bond acceptors (Lipinski definition) is 6. The van der Waals surface area contributed by atoms with E-state index in [1.807, 2.05) is 13.1 Å². The fourth-order valence-corrected chi connectivity index (χ4v) is 2.15. The van der Waals surface area contributed by atoms with E-state index >= 15 is 0 Å². The zero-order valence-electron chi connectivity index (χ0n) is 12.1. The molecule has 9 heteroatoms. The molecule has 0 aliphatic rings. The van der Waals surface area contributed by atoms with Gasteiger partial charge in [-0.2, -0.15) is 5.10 Å². The van der Waals surface area contributed by atoms with Crippen LogP contribution in [-0.2, 0) is 20.0 Å². The summed E-state index contributed by atoms with van der Waals surface area (Å²) in [5.41, 5.74) is 1.43. The molecule has 0 spiro atoms. The Bertz CT molecular complexity index is 725. The number of hydrogen-bond donors (Lipinski definition) is 1. The molecule has 0 aliphatic heterocycles. The number of nitro groups is 2. The number of rotatable bonds is 6. The molecule has 0 amide bonds. The van der Waals surface area contributed by atoms with Crippen molar-refractivity contribution in [3.8, 4) is 0 Å². The molecule has 0 bridgehead atoms. The summed E-state index contributed by atoms with van der Waals surface area (Å²) in [6, 6.07) is 3.53. The first-order valence-corrected chi connectivity index (χ1v) is 6.60. The van der Waals surface area contributed by atoms with Crippen LogP contribution >= 0.6 is 0 Å². The fourth-order valence-electron chi connectivity index (χ4n) is 2.15. The van der Waals surface area contributed by atoms with E-state index in [1.54, 1.807) is 11.7 Å². The first-order chi connectivity index (χ1) is 10.4. The van der Waals surface area contributed by atoms with Crippen molar-refractivity contribution >= 4 is 17.1 Å². The summed E-state index contributed by atoms with van der Waals surface area (Å²) in [4.78, 5) is 20.5. The van der Waals surface area contributed by atoms with Gasteiger partial charge in [-0.05, 0) is 12.5 Å². The molecular weight excluding hydrogens is 290 g/mol. The molecule has 1 N–H and O–H groups in total. The molecule has 1 aromatic heterocycles. The van der Waals surface area contributed by atoms with Crippen LogP contribution in [0.3, 0.4) is 0 Å². The summed E-state index contributed by atoms with van der Waals surface area (Å²) in [7, 11) is 1.80. The van der Waals surface area contributed by atoms with Crippen molar-refractivity contribution in [2.75, 3.05) is 5.32 Å². The minimum Gasteiger partial charge on any atom is -0.375 e. The van der Waals surface area contributed by atoms with Gasteiger partial charge in [-0.25, -0.2) is 0 Å². The SMILES string of the molecule is CCc1nn(C)cc1CNc1ccc([N+](=O)[O-])cc1[N+](=O)[O-]. The van der Waals surface area contributed by atoms with Gasteiger partial charge in [0.1, 0.15) is 5.69 Å². The maximum absolute atomic E-state index is 11.1. The molecule has 9 nitrogen and oxygen atoms in total. The average Bonchev–Trinajstić information content (AvgIpc) is 2.84. The van der Waals surface area contributed by atoms with Crippen LogP contribution in [0.15, 0.2) is 24.4 Å². The second-order valence-corrected chi connectivity index (χ2v) is 4.70. The predicted octanol–water partition coefficient (Wildman–Crippen LogP) is 2.41. The zero-order chi connectivity index (χ0) is 16.3. The van der Waals surface area contributed by atoms with Gasteiger partial charge in [-0.3, -0.25) is 24.9 Å². The van der Waals surface area contributed by atoms with E-state index in [2.05, 4.69) is 10.4 Å². The molecule has 1 aromatic carbocycles. The summed E-state index contributed by atoms with van der Waals surface area (Å²) in [6.45, 7) is 2.33. The van der Waals surface area contributed by atoms with Gasteiger partial charge in [0.15, 0.2) is 0 Å². The second kappa shape index (κ2) is 6.20. The van der Waals surface area contributed by atoms with Crippen molar-refractivity contribution in [2.45, 2.75) is 19.9 Å². The molecule has 2 rings (SSSR count). The predicted molar refractivity (Wildman–Crippen MR) is 79.7 cm³/mol. The standard InChI is InChI=1S/C13H15N5O4/c1-3-11-9(8-16(2)15-11)7-14-12-5-4-10(17(19)20)6-13(12)18(21)22/h4-6,8,14H,3,7H2,1-2H3. The van der Waals surface area contributed by atoms with Crippen LogP contribution in [0.4, 0.5) is 17.1 Å². The molecule has 2 aromatic rings. The zero-order valence-corrected chi connectivity index (χ0v) is 12.1. The molecular formula is C13H15N5O4. The van der Waals surface area contributed by atoms with E-state index in [4.69, 9.17) is 0 Å². The van der Waals surface area contributed by atoms with Gasteiger partial charge in [-0.15, -0.1) is 0 Å². The minimum absolute atomic E-state index is 0.238. The van der Waals surface area contributed by atoms with Gasteiger partial charge in [0.25, 0.3) is 11.4 Å². The van der Waals surface area contributed by atoms with E-state index in [1.165, 1.54) is 12.1 Å². The van der Waals surface area contributed by atoms with Crippen molar-refractivity contribution < 1.29 is 9.85 Å². The number of nitrogens with zero attached hydrogens (tertiary/aromatic N) is 4. The maximum Gasteiger partial charge on any atom is 0.299 e. The molecule has 1 heterocycles. The van der Waals surface area contributed by atoms with Crippen molar-refractivity contribution in [2.24, 2.45) is 7.05 Å². The van der Waals surface area contributed by atoms with Crippen LogP contribution in [-0.4, -0.2) is 19.6 Å². The number of aryl methyl sites for hydroxylation is 2. The van der Waals surface area contributed by atoms with Crippen LogP contribution in [0.25, 0.3) is 0 Å². The highest BCUT2D eigenvalue weighted by atomic mass is 16.6. The van der Waals surface area contributed by atoms with Crippen LogP contribution in [0.2, 0.25) is 0 Å². The van der Waals surface area contributed by atoms with Gasteiger partial charge >= 0.3 is 0 Å². The summed E-state index contributed by atoms with van der Waals surface area (Å²) in [6.07, 6.45) is 2.59. The van der Waals surface area contributed by atoms with Crippen molar-refractivity contribution in [3.05, 3.63) is 55.9 Å². The minimum atomic E-state index is -0.660. The van der Waals surface area contributed by atoms with Crippen LogP contribution in [0.1, 0.15) is 18.2 Å². The van der Waals surface area contributed by atoms with E-state index in [0.717, 1.165) is 23.7 Å². The molecule has 116 valence electrons. The third kappa shape index (κ3) is 3.19. The largest absolute Gasteiger partial charge is 0.375 e. The van der Waals surface area contributed by atoms with Crippen LogP contribution in [0, 0.1) is 20.2 Å². The Kier molecular flexibility index (Phi) is 4.35. The Balaban J connectivity index is 2.25. The molecule has 22 heavy (non-hydrogen) atoms. The van der Waals surface area contributed by atoms with E-state index in [0.29, 0.717) is 6.54 Å². The summed E-state index contributed by atoms with van der Waals surface area (Å²) < 4.78 is 1.68. The Hall–Kier alpha value is -2.97. The highest BCUT2D eigenvalue weighted by molar-refractivity contribution is 5.65. The summed E-state index contributed by atoms with van der Waals surface area (Å²) in [5, 5.41) is 29.0. The molecule has 0 fully saturated rings. The van der Waals surface area contributed by atoms with Crippen molar-refractivity contribution in [1.29, 1.82) is 0 Å². The average molecular weight is 305 g/mol. The highest BCUT2D eigenvalue weighted by Crippen LogP contribution is 2.29. The molecule has 0 saturated heterocycles. The molecule has 0 aliphatic carbocycles. The Morgan fingerprint density at radius 2 is 2.00 bits per heavy atom. The third-order valence-electron chi connectivity index (χ3n) is 3.18. The first kappa shape index (κ1) is 15.4. The topological polar surface area (TPSA) is 116 Å². The van der Waals surface area contributed by atoms with Crippen molar-refractivity contribution in [3.63, 3.8) is 0 Å². The Morgan fingerprint density at radius 1 is 1.27 bits per heavy atom. The molecule has 0 unspecified atom stereocenters.